The number of carbonyl (C=O) groups is 2. The molecule has 6 heteroatoms. The van der Waals surface area contributed by atoms with Crippen LogP contribution >= 0.6 is 0 Å². The predicted octanol–water partition coefficient (Wildman–Crippen LogP) is -2.51. The van der Waals surface area contributed by atoms with Gasteiger partial charge in [0.05, 0.1) is 7.05 Å². The van der Waals surface area contributed by atoms with Gasteiger partial charge in [0.2, 0.25) is 0 Å². The van der Waals surface area contributed by atoms with Crippen molar-refractivity contribution in [1.82, 2.24) is 0 Å². The highest BCUT2D eigenvalue weighted by Gasteiger charge is 2.21. The van der Waals surface area contributed by atoms with Gasteiger partial charge in [-0.05, 0) is 0 Å². The van der Waals surface area contributed by atoms with E-state index < -0.39 is 18.2 Å². The van der Waals surface area contributed by atoms with Crippen molar-refractivity contribution in [3.63, 3.8) is 0 Å². The Kier molecular flexibility index (Phi) is 9.58. The summed E-state index contributed by atoms with van der Waals surface area (Å²) in [5.74, 6) is -1.27. The second-order valence-corrected chi connectivity index (χ2v) is 4.54. The highest BCUT2D eigenvalue weighted by molar-refractivity contribution is 5.83. The molecule has 0 bridgehead atoms. The van der Waals surface area contributed by atoms with E-state index in [9.17, 15) is 9.59 Å². The molecular formula is C16H20ClNO4. The molecule has 1 rings (SSSR count). The summed E-state index contributed by atoms with van der Waals surface area (Å²) < 4.78 is 10.0. The van der Waals surface area contributed by atoms with Crippen LogP contribution in [0.5, 0.6) is 0 Å². The van der Waals surface area contributed by atoms with Crippen molar-refractivity contribution in [3.05, 3.63) is 61.2 Å². The van der Waals surface area contributed by atoms with E-state index in [4.69, 9.17) is 9.47 Å². The van der Waals surface area contributed by atoms with Gasteiger partial charge in [-0.25, -0.2) is 9.59 Å². The van der Waals surface area contributed by atoms with Crippen LogP contribution in [0.1, 0.15) is 5.56 Å². The molecule has 0 fully saturated rings. The fraction of sp³-hybridized carbons (Fsp3) is 0.250. The maximum atomic E-state index is 11.3. The minimum Gasteiger partial charge on any atom is -1.00 e. The number of benzene rings is 1. The van der Waals surface area contributed by atoms with Crippen molar-refractivity contribution < 1.29 is 36.4 Å². The van der Waals surface area contributed by atoms with Crippen LogP contribution in [-0.2, 0) is 25.6 Å². The average molecular weight is 326 g/mol. The smallest absolute Gasteiger partial charge is 0.333 e. The number of ether oxygens (including phenoxy) is 2. The molecule has 1 N–H and O–H groups in total. The molecule has 1 atom stereocenters. The van der Waals surface area contributed by atoms with E-state index >= 15 is 0 Å². The number of hydrogen-bond acceptors (Lipinski definition) is 4. The van der Waals surface area contributed by atoms with Crippen molar-refractivity contribution in [2.45, 2.75) is 12.8 Å². The molecule has 120 valence electrons. The third kappa shape index (κ3) is 7.61. The molecule has 0 amide bonds. The Hall–Kier alpha value is -2.11. The maximum absolute atomic E-state index is 11.3. The first-order chi connectivity index (χ1) is 10.0. The lowest BCUT2D eigenvalue weighted by Crippen LogP contribution is -3.09. The highest BCUT2D eigenvalue weighted by atomic mass is 35.5. The van der Waals surface area contributed by atoms with Crippen LogP contribution in [0.25, 0.3) is 0 Å². The van der Waals surface area contributed by atoms with Gasteiger partial charge in [-0.1, -0.05) is 43.5 Å². The number of carbonyl (C=O) groups excluding carboxylic acids is 2. The van der Waals surface area contributed by atoms with Crippen LogP contribution < -0.4 is 17.3 Å². The summed E-state index contributed by atoms with van der Waals surface area (Å²) >= 11 is 0. The molecule has 1 unspecified atom stereocenters. The molecule has 1 aromatic rings. The van der Waals surface area contributed by atoms with Crippen molar-refractivity contribution in [2.75, 3.05) is 13.6 Å². The topological polar surface area (TPSA) is 57.0 Å². The maximum Gasteiger partial charge on any atom is 0.333 e. The van der Waals surface area contributed by atoms with E-state index in [0.717, 1.165) is 22.6 Å². The van der Waals surface area contributed by atoms with E-state index in [1.807, 2.05) is 37.4 Å². The molecule has 0 radical (unpaired) electrons. The van der Waals surface area contributed by atoms with Crippen molar-refractivity contribution in [3.8, 4) is 0 Å². The monoisotopic (exact) mass is 325 g/mol. The molecule has 0 saturated carbocycles. The molecule has 5 nitrogen and oxygen atoms in total. The number of halogens is 1. The number of quaternary nitrogens is 1. The lowest BCUT2D eigenvalue weighted by atomic mass is 10.2. The Morgan fingerprint density at radius 2 is 1.64 bits per heavy atom. The van der Waals surface area contributed by atoms with Gasteiger partial charge < -0.3 is 26.8 Å². The van der Waals surface area contributed by atoms with Crippen LogP contribution in [0.4, 0.5) is 0 Å². The predicted molar refractivity (Wildman–Crippen MR) is 78.3 cm³/mol. The molecule has 0 spiro atoms. The number of hydrogen-bond donors (Lipinski definition) is 1. The van der Waals surface area contributed by atoms with E-state index in [-0.39, 0.29) is 12.4 Å². The second kappa shape index (κ2) is 10.6. The van der Waals surface area contributed by atoms with Gasteiger partial charge in [-0.3, -0.25) is 0 Å². The third-order valence-corrected chi connectivity index (χ3v) is 2.69. The van der Waals surface area contributed by atoms with Gasteiger partial charge in [0.1, 0.15) is 6.54 Å². The van der Waals surface area contributed by atoms with E-state index in [1.54, 1.807) is 0 Å². The fourth-order valence-electron chi connectivity index (χ4n) is 1.76. The van der Waals surface area contributed by atoms with Gasteiger partial charge in [0, 0.05) is 17.7 Å². The minimum absolute atomic E-state index is 0. The standard InChI is InChI=1S/C16H19NO4.ClH/c1-4-14(18)20-16(21-15(19)5-2)12-17(3)11-13-9-7-6-8-10-13;/h4-10,16H,1-2,11-12H2,3H3;1H. The van der Waals surface area contributed by atoms with Crippen molar-refractivity contribution in [2.24, 2.45) is 0 Å². The summed E-state index contributed by atoms with van der Waals surface area (Å²) in [6.45, 7) is 7.68. The summed E-state index contributed by atoms with van der Waals surface area (Å²) in [6.07, 6.45) is 1.09. The summed E-state index contributed by atoms with van der Waals surface area (Å²) in [5.41, 5.74) is 1.14. The van der Waals surface area contributed by atoms with E-state index in [1.165, 1.54) is 0 Å². The number of esters is 2. The Labute approximate surface area is 136 Å². The Balaban J connectivity index is 0.00000441. The summed E-state index contributed by atoms with van der Waals surface area (Å²) in [6, 6.07) is 9.86. The average Bonchev–Trinajstić information content (AvgIpc) is 2.47. The number of likely N-dealkylation sites (N-methyl/N-ethyl adjacent to an activating group) is 1. The zero-order valence-electron chi connectivity index (χ0n) is 12.5. The molecule has 0 aliphatic carbocycles. The minimum atomic E-state index is -0.968. The molecule has 0 aliphatic rings. The molecule has 1 aromatic carbocycles. The zero-order valence-corrected chi connectivity index (χ0v) is 13.2. The lowest BCUT2D eigenvalue weighted by molar-refractivity contribution is -0.899. The van der Waals surface area contributed by atoms with E-state index in [2.05, 4.69) is 13.2 Å². The van der Waals surface area contributed by atoms with Crippen LogP contribution in [0.3, 0.4) is 0 Å². The zero-order chi connectivity index (χ0) is 15.7. The van der Waals surface area contributed by atoms with Gasteiger partial charge in [-0.15, -0.1) is 0 Å². The van der Waals surface area contributed by atoms with Crippen LogP contribution in [0.15, 0.2) is 55.6 Å². The molecular weight excluding hydrogens is 306 g/mol. The molecule has 0 heterocycles. The Bertz CT molecular complexity index is 482. The second-order valence-electron chi connectivity index (χ2n) is 4.54. The largest absolute Gasteiger partial charge is 1.00 e. The summed E-state index contributed by atoms with van der Waals surface area (Å²) in [4.78, 5) is 23.6. The molecule has 0 saturated heterocycles. The van der Waals surface area contributed by atoms with Gasteiger partial charge in [0.15, 0.2) is 6.54 Å². The molecule has 0 aliphatic heterocycles. The number of rotatable bonds is 8. The van der Waals surface area contributed by atoms with Crippen LogP contribution in [0, 0.1) is 0 Å². The highest BCUT2D eigenvalue weighted by Crippen LogP contribution is 1.98. The summed E-state index contributed by atoms with van der Waals surface area (Å²) in [5, 5.41) is 0. The number of nitrogens with one attached hydrogen (secondary N) is 1. The lowest BCUT2D eigenvalue weighted by Gasteiger charge is -2.21. The van der Waals surface area contributed by atoms with Gasteiger partial charge >= 0.3 is 11.9 Å². The molecule has 22 heavy (non-hydrogen) atoms. The first-order valence-corrected chi connectivity index (χ1v) is 6.56. The fourth-order valence-corrected chi connectivity index (χ4v) is 1.76. The first-order valence-electron chi connectivity index (χ1n) is 6.56. The third-order valence-electron chi connectivity index (χ3n) is 2.69. The van der Waals surface area contributed by atoms with Crippen LogP contribution in [0.2, 0.25) is 0 Å². The van der Waals surface area contributed by atoms with Gasteiger partial charge in [-0.2, -0.15) is 0 Å². The normalized spacial score (nSPS) is 11.0. The summed E-state index contributed by atoms with van der Waals surface area (Å²) in [7, 11) is 1.92. The van der Waals surface area contributed by atoms with Gasteiger partial charge in [0.25, 0.3) is 6.29 Å². The van der Waals surface area contributed by atoms with Crippen LogP contribution in [-0.4, -0.2) is 31.8 Å². The Morgan fingerprint density at radius 1 is 1.14 bits per heavy atom. The van der Waals surface area contributed by atoms with Crippen molar-refractivity contribution in [1.29, 1.82) is 0 Å². The molecule has 0 aromatic heterocycles. The first kappa shape index (κ1) is 19.9. The van der Waals surface area contributed by atoms with Crippen molar-refractivity contribution >= 4 is 11.9 Å². The van der Waals surface area contributed by atoms with E-state index in [0.29, 0.717) is 13.1 Å². The quantitative estimate of drug-likeness (QED) is 0.326. The Morgan fingerprint density at radius 3 is 2.09 bits per heavy atom. The SMILES string of the molecule is C=CC(=O)OC(C[NH+](C)Cc1ccccc1)OC(=O)C=C.[Cl-].